The number of hydrogen-bond donors (Lipinski definition) is 3. The normalized spacial score (nSPS) is 10.8. The molecule has 4 N–H and O–H groups in total. The molecular formula is C21H23Cl2N5O4S. The Morgan fingerprint density at radius 2 is 1.88 bits per heavy atom. The van der Waals surface area contributed by atoms with Gasteiger partial charge in [-0.15, -0.1) is 12.4 Å². The molecular weight excluding hydrogens is 489 g/mol. The zero-order chi connectivity index (χ0) is 23.3. The highest BCUT2D eigenvalue weighted by Crippen LogP contribution is 2.15. The van der Waals surface area contributed by atoms with Crippen LogP contribution in [0.25, 0.3) is 0 Å². The van der Waals surface area contributed by atoms with E-state index in [9.17, 15) is 18.0 Å². The summed E-state index contributed by atoms with van der Waals surface area (Å²) in [4.78, 5) is 29.2. The average molecular weight is 512 g/mol. The first-order valence-electron chi connectivity index (χ1n) is 9.56. The molecule has 0 saturated carbocycles. The fourth-order valence-electron chi connectivity index (χ4n) is 2.92. The van der Waals surface area contributed by atoms with Crippen LogP contribution < -0.4 is 22.0 Å². The topological polar surface area (TPSA) is 136 Å². The van der Waals surface area contributed by atoms with Gasteiger partial charge in [-0.05, 0) is 60.5 Å². The molecule has 0 aliphatic carbocycles. The zero-order valence-electron chi connectivity index (χ0n) is 17.6. The number of aryl methyl sites for hydroxylation is 1. The van der Waals surface area contributed by atoms with E-state index in [0.717, 1.165) is 10.2 Å². The minimum absolute atomic E-state index is 0. The van der Waals surface area contributed by atoms with Crippen LogP contribution in [0.4, 0.5) is 5.82 Å². The number of anilines is 1. The third-order valence-corrected chi connectivity index (χ3v) is 6.45. The van der Waals surface area contributed by atoms with Gasteiger partial charge in [0.25, 0.3) is 5.56 Å². The third-order valence-electron chi connectivity index (χ3n) is 4.70. The van der Waals surface area contributed by atoms with Crippen molar-refractivity contribution in [2.45, 2.75) is 24.8 Å². The van der Waals surface area contributed by atoms with Gasteiger partial charge in [-0.2, -0.15) is 0 Å². The van der Waals surface area contributed by atoms with E-state index in [1.807, 2.05) is 0 Å². The minimum Gasteiger partial charge on any atom is -0.384 e. The van der Waals surface area contributed by atoms with Crippen LogP contribution in [-0.4, -0.2) is 29.9 Å². The highest BCUT2D eigenvalue weighted by Gasteiger charge is 2.16. The minimum atomic E-state index is -3.70. The van der Waals surface area contributed by atoms with Gasteiger partial charge >= 0.3 is 0 Å². The molecule has 0 spiro atoms. The number of aromatic nitrogens is 2. The molecule has 2 aromatic heterocycles. The first-order valence-corrected chi connectivity index (χ1v) is 11.6. The van der Waals surface area contributed by atoms with Gasteiger partial charge in [-0.1, -0.05) is 11.6 Å². The van der Waals surface area contributed by atoms with E-state index in [2.05, 4.69) is 15.7 Å². The first kappa shape index (κ1) is 26.2. The number of carbonyl (C=O) groups excluding carboxylic acids is 1. The van der Waals surface area contributed by atoms with E-state index in [1.165, 1.54) is 30.5 Å². The van der Waals surface area contributed by atoms with E-state index < -0.39 is 21.3 Å². The fourth-order valence-corrected chi connectivity index (χ4v) is 4.07. The van der Waals surface area contributed by atoms with Gasteiger partial charge in [0, 0.05) is 29.5 Å². The van der Waals surface area contributed by atoms with Gasteiger partial charge in [-0.3, -0.25) is 9.59 Å². The van der Waals surface area contributed by atoms with Gasteiger partial charge in [0.05, 0.1) is 11.3 Å². The maximum Gasteiger partial charge on any atom is 0.272 e. The lowest BCUT2D eigenvalue weighted by molar-refractivity contribution is -0.120. The van der Waals surface area contributed by atoms with Crippen LogP contribution in [0.15, 0.2) is 64.5 Å². The van der Waals surface area contributed by atoms with Crippen molar-refractivity contribution in [3.05, 3.63) is 86.9 Å². The summed E-state index contributed by atoms with van der Waals surface area (Å²) in [5.74, 6) is -0.516. The summed E-state index contributed by atoms with van der Waals surface area (Å²) in [6.45, 7) is 1.95. The van der Waals surface area contributed by atoms with Gasteiger partial charge in [0.1, 0.15) is 11.7 Å². The number of nitrogen functional groups attached to an aromatic ring is 1. The summed E-state index contributed by atoms with van der Waals surface area (Å²) >= 11 is 5.80. The van der Waals surface area contributed by atoms with Crippen LogP contribution in [0, 0.1) is 6.92 Å². The lowest BCUT2D eigenvalue weighted by atomic mass is 10.1. The summed E-state index contributed by atoms with van der Waals surface area (Å²) in [5.41, 5.74) is 9.39. The molecule has 0 aliphatic heterocycles. The second kappa shape index (κ2) is 11.2. The molecule has 12 heteroatoms. The molecule has 0 fully saturated rings. The SMILES string of the molecule is Cc1ccn(NCS(=O)(=O)c2ccc(Cl)cc2)c(=O)c1CC(=O)NCc1ccnc(N)c1.Cl. The molecule has 1 amide bonds. The number of nitrogens with two attached hydrogens (primary N) is 1. The van der Waals surface area contributed by atoms with Crippen molar-refractivity contribution in [3.8, 4) is 0 Å². The Morgan fingerprint density at radius 3 is 2.55 bits per heavy atom. The summed E-state index contributed by atoms with van der Waals surface area (Å²) < 4.78 is 26.1. The van der Waals surface area contributed by atoms with Gasteiger partial charge in [0.15, 0.2) is 9.84 Å². The molecule has 0 unspecified atom stereocenters. The molecule has 3 rings (SSSR count). The van der Waals surface area contributed by atoms with Crippen molar-refractivity contribution in [2.75, 3.05) is 17.0 Å². The largest absolute Gasteiger partial charge is 0.384 e. The molecule has 3 aromatic rings. The van der Waals surface area contributed by atoms with Crippen LogP contribution in [0.5, 0.6) is 0 Å². The Labute approximate surface area is 202 Å². The monoisotopic (exact) mass is 511 g/mol. The highest BCUT2D eigenvalue weighted by atomic mass is 35.5. The summed E-state index contributed by atoms with van der Waals surface area (Å²) in [7, 11) is -3.70. The van der Waals surface area contributed by atoms with Gasteiger partial charge < -0.3 is 16.5 Å². The number of nitrogens with zero attached hydrogens (tertiary/aromatic N) is 2. The van der Waals surface area contributed by atoms with Crippen molar-refractivity contribution in [2.24, 2.45) is 0 Å². The van der Waals surface area contributed by atoms with E-state index in [1.54, 1.807) is 31.3 Å². The number of rotatable bonds is 8. The van der Waals surface area contributed by atoms with Crippen LogP contribution in [0.1, 0.15) is 16.7 Å². The Hall–Kier alpha value is -3.08. The number of benzene rings is 1. The Balaban J connectivity index is 0.00000385. The summed E-state index contributed by atoms with van der Waals surface area (Å²) in [6.07, 6.45) is 2.81. The number of pyridine rings is 2. The van der Waals surface area contributed by atoms with Crippen LogP contribution in [0.2, 0.25) is 5.02 Å². The molecule has 0 radical (unpaired) electrons. The molecule has 1 aromatic carbocycles. The lowest BCUT2D eigenvalue weighted by Crippen LogP contribution is -2.36. The summed E-state index contributed by atoms with van der Waals surface area (Å²) in [6, 6.07) is 10.7. The smallest absolute Gasteiger partial charge is 0.272 e. The second-order valence-corrected chi connectivity index (χ2v) is 9.49. The Bertz CT molecular complexity index is 1290. The molecule has 0 atom stereocenters. The van der Waals surface area contributed by atoms with E-state index in [0.29, 0.717) is 16.4 Å². The zero-order valence-corrected chi connectivity index (χ0v) is 20.0. The van der Waals surface area contributed by atoms with Crippen molar-refractivity contribution in [1.29, 1.82) is 0 Å². The van der Waals surface area contributed by atoms with Crippen molar-refractivity contribution < 1.29 is 13.2 Å². The van der Waals surface area contributed by atoms with Crippen molar-refractivity contribution in [1.82, 2.24) is 15.0 Å². The highest BCUT2D eigenvalue weighted by molar-refractivity contribution is 7.91. The second-order valence-electron chi connectivity index (χ2n) is 7.07. The number of halogens is 2. The van der Waals surface area contributed by atoms with Crippen LogP contribution >= 0.6 is 24.0 Å². The molecule has 0 saturated heterocycles. The maximum atomic E-state index is 12.8. The van der Waals surface area contributed by atoms with Crippen molar-refractivity contribution in [3.63, 3.8) is 0 Å². The molecule has 9 nitrogen and oxygen atoms in total. The number of carbonyl (C=O) groups is 1. The number of sulfone groups is 1. The van der Waals surface area contributed by atoms with E-state index in [4.69, 9.17) is 17.3 Å². The average Bonchev–Trinajstić information content (AvgIpc) is 2.75. The molecule has 33 heavy (non-hydrogen) atoms. The number of nitrogens with one attached hydrogen (secondary N) is 2. The van der Waals surface area contributed by atoms with Crippen molar-refractivity contribution >= 4 is 45.6 Å². The van der Waals surface area contributed by atoms with Gasteiger partial charge in [-0.25, -0.2) is 18.1 Å². The molecule has 0 aliphatic rings. The Kier molecular flexibility index (Phi) is 8.86. The van der Waals surface area contributed by atoms with Crippen LogP contribution in [0.3, 0.4) is 0 Å². The third kappa shape index (κ3) is 6.95. The predicted molar refractivity (Wildman–Crippen MR) is 130 cm³/mol. The van der Waals surface area contributed by atoms with E-state index in [-0.39, 0.29) is 41.7 Å². The predicted octanol–water partition coefficient (Wildman–Crippen LogP) is 2.04. The maximum absolute atomic E-state index is 12.8. The van der Waals surface area contributed by atoms with E-state index >= 15 is 0 Å². The van der Waals surface area contributed by atoms with Crippen LogP contribution in [-0.2, 0) is 27.6 Å². The number of amides is 1. The first-order chi connectivity index (χ1) is 15.2. The standard InChI is InChI=1S/C21H22ClN5O4S.ClH/c1-14-7-9-27(26-13-32(30,31)17-4-2-16(22)3-5-17)21(29)18(14)11-20(28)25-12-15-6-8-24-19(23)10-15;/h2-10,26H,11-13H2,1H3,(H2,23,24)(H,25,28);1H. The lowest BCUT2D eigenvalue weighted by Gasteiger charge is -2.13. The Morgan fingerprint density at radius 1 is 1.18 bits per heavy atom. The quantitative estimate of drug-likeness (QED) is 0.420. The summed E-state index contributed by atoms with van der Waals surface area (Å²) in [5, 5.41) is 3.15. The molecule has 2 heterocycles. The fraction of sp³-hybridized carbons (Fsp3) is 0.190. The number of hydrogen-bond acceptors (Lipinski definition) is 7. The van der Waals surface area contributed by atoms with Gasteiger partial charge in [0.2, 0.25) is 5.91 Å². The molecule has 176 valence electrons. The molecule has 0 bridgehead atoms.